The molecular formula is C11H11N3O4. The number of aliphatic carboxylic acids is 1. The van der Waals surface area contributed by atoms with Gasteiger partial charge < -0.3 is 5.11 Å². The summed E-state index contributed by atoms with van der Waals surface area (Å²) in [7, 11) is 0. The molecule has 0 bridgehead atoms. The number of benzene rings is 1. The summed E-state index contributed by atoms with van der Waals surface area (Å²) in [6.45, 7) is 1.73. The molecule has 0 fully saturated rings. The molecule has 0 aliphatic carbocycles. The van der Waals surface area contributed by atoms with Crippen LogP contribution >= 0.6 is 0 Å². The second kappa shape index (κ2) is 4.44. The molecule has 2 rings (SSSR count). The number of carbonyl (C=O) groups is 1. The SMILES string of the molecule is CCC(C(=O)O)n1ncc2ccc([N+](=O)[O-])cc21. The van der Waals surface area contributed by atoms with Gasteiger partial charge in [0, 0.05) is 17.5 Å². The predicted molar refractivity (Wildman–Crippen MR) is 63.4 cm³/mol. The molecule has 18 heavy (non-hydrogen) atoms. The Bertz CT molecular complexity index is 620. The highest BCUT2D eigenvalue weighted by Crippen LogP contribution is 2.24. The lowest BCUT2D eigenvalue weighted by atomic mass is 10.2. The van der Waals surface area contributed by atoms with Crippen molar-refractivity contribution in [2.24, 2.45) is 0 Å². The van der Waals surface area contributed by atoms with E-state index in [0.717, 1.165) is 0 Å². The van der Waals surface area contributed by atoms with Crippen molar-refractivity contribution in [1.29, 1.82) is 0 Å². The summed E-state index contributed by atoms with van der Waals surface area (Å²) in [4.78, 5) is 21.3. The Kier molecular flexibility index (Phi) is 2.97. The van der Waals surface area contributed by atoms with Crippen LogP contribution in [0.1, 0.15) is 19.4 Å². The molecule has 7 nitrogen and oxygen atoms in total. The lowest BCUT2D eigenvalue weighted by molar-refractivity contribution is -0.384. The van der Waals surface area contributed by atoms with Gasteiger partial charge in [0.15, 0.2) is 0 Å². The zero-order chi connectivity index (χ0) is 13.3. The van der Waals surface area contributed by atoms with Gasteiger partial charge >= 0.3 is 5.97 Å². The molecule has 0 saturated heterocycles. The fourth-order valence-electron chi connectivity index (χ4n) is 1.84. The number of carboxylic acid groups (broad SMARTS) is 1. The van der Waals surface area contributed by atoms with Crippen molar-refractivity contribution in [3.05, 3.63) is 34.5 Å². The van der Waals surface area contributed by atoms with E-state index in [1.54, 1.807) is 13.0 Å². The normalized spacial score (nSPS) is 12.5. The minimum absolute atomic E-state index is 0.0792. The molecule has 1 N–H and O–H groups in total. The number of fused-ring (bicyclic) bond motifs is 1. The molecule has 1 unspecified atom stereocenters. The lowest BCUT2D eigenvalue weighted by Gasteiger charge is -2.11. The van der Waals surface area contributed by atoms with Crippen molar-refractivity contribution < 1.29 is 14.8 Å². The van der Waals surface area contributed by atoms with Crippen LogP contribution in [-0.2, 0) is 4.79 Å². The summed E-state index contributed by atoms with van der Waals surface area (Å²) in [6.07, 6.45) is 1.86. The van der Waals surface area contributed by atoms with E-state index in [1.165, 1.54) is 23.0 Å². The van der Waals surface area contributed by atoms with E-state index in [2.05, 4.69) is 5.10 Å². The largest absolute Gasteiger partial charge is 0.480 e. The van der Waals surface area contributed by atoms with E-state index in [-0.39, 0.29) is 5.69 Å². The maximum Gasteiger partial charge on any atom is 0.328 e. The summed E-state index contributed by atoms with van der Waals surface area (Å²) in [6, 6.07) is 3.46. The van der Waals surface area contributed by atoms with Crippen LogP contribution in [0.15, 0.2) is 24.4 Å². The fraction of sp³-hybridized carbons (Fsp3) is 0.273. The summed E-state index contributed by atoms with van der Waals surface area (Å²) < 4.78 is 1.31. The van der Waals surface area contributed by atoms with Crippen molar-refractivity contribution >= 4 is 22.6 Å². The molecule has 7 heteroatoms. The van der Waals surface area contributed by atoms with E-state index >= 15 is 0 Å². The number of hydrogen-bond acceptors (Lipinski definition) is 4. The van der Waals surface area contributed by atoms with E-state index in [4.69, 9.17) is 5.11 Å². The Labute approximate surface area is 102 Å². The molecule has 0 radical (unpaired) electrons. The Morgan fingerprint density at radius 3 is 2.89 bits per heavy atom. The van der Waals surface area contributed by atoms with Gasteiger partial charge in [0.05, 0.1) is 16.6 Å². The van der Waals surface area contributed by atoms with Crippen LogP contribution in [0.3, 0.4) is 0 Å². The van der Waals surface area contributed by atoms with Crippen LogP contribution < -0.4 is 0 Å². The monoisotopic (exact) mass is 249 g/mol. The molecule has 0 aliphatic heterocycles. The van der Waals surface area contributed by atoms with E-state index in [0.29, 0.717) is 17.3 Å². The Balaban J connectivity index is 2.61. The van der Waals surface area contributed by atoms with Crippen LogP contribution in [0.5, 0.6) is 0 Å². The molecule has 94 valence electrons. The minimum atomic E-state index is -1.01. The predicted octanol–water partition coefficient (Wildman–Crippen LogP) is 1.98. The third-order valence-corrected chi connectivity index (χ3v) is 2.76. The summed E-state index contributed by atoms with van der Waals surface area (Å²) >= 11 is 0. The molecule has 1 aromatic carbocycles. The molecule has 0 spiro atoms. The van der Waals surface area contributed by atoms with Crippen LogP contribution in [0.4, 0.5) is 5.69 Å². The second-order valence-corrected chi connectivity index (χ2v) is 3.85. The zero-order valence-corrected chi connectivity index (χ0v) is 9.61. The molecule has 1 atom stereocenters. The molecule has 2 aromatic rings. The van der Waals surface area contributed by atoms with Crippen molar-refractivity contribution in [1.82, 2.24) is 9.78 Å². The van der Waals surface area contributed by atoms with Gasteiger partial charge in [-0.3, -0.25) is 14.8 Å². The first-order valence-corrected chi connectivity index (χ1v) is 5.39. The number of nitro groups is 1. The molecular weight excluding hydrogens is 238 g/mol. The van der Waals surface area contributed by atoms with Gasteiger partial charge in [0.1, 0.15) is 6.04 Å². The van der Waals surface area contributed by atoms with Gasteiger partial charge in [-0.1, -0.05) is 6.92 Å². The van der Waals surface area contributed by atoms with Crippen molar-refractivity contribution in [2.75, 3.05) is 0 Å². The Morgan fingerprint density at radius 1 is 1.61 bits per heavy atom. The third kappa shape index (κ3) is 1.90. The number of nitrogens with zero attached hydrogens (tertiary/aromatic N) is 3. The zero-order valence-electron chi connectivity index (χ0n) is 9.61. The number of carboxylic acids is 1. The van der Waals surface area contributed by atoms with Crippen LogP contribution in [-0.4, -0.2) is 25.8 Å². The van der Waals surface area contributed by atoms with Crippen molar-refractivity contribution in [3.63, 3.8) is 0 Å². The molecule has 0 amide bonds. The first-order valence-electron chi connectivity index (χ1n) is 5.39. The van der Waals surface area contributed by atoms with Crippen LogP contribution in [0.2, 0.25) is 0 Å². The first kappa shape index (κ1) is 12.0. The van der Waals surface area contributed by atoms with Gasteiger partial charge in [-0.05, 0) is 12.5 Å². The Hall–Kier alpha value is -2.44. The van der Waals surface area contributed by atoms with Crippen molar-refractivity contribution in [3.8, 4) is 0 Å². The minimum Gasteiger partial charge on any atom is -0.480 e. The van der Waals surface area contributed by atoms with E-state index < -0.39 is 16.9 Å². The van der Waals surface area contributed by atoms with Crippen LogP contribution in [0.25, 0.3) is 10.9 Å². The molecule has 1 heterocycles. The maximum atomic E-state index is 11.1. The van der Waals surface area contributed by atoms with Crippen molar-refractivity contribution in [2.45, 2.75) is 19.4 Å². The molecule has 0 aliphatic rings. The van der Waals surface area contributed by atoms with Gasteiger partial charge in [0.25, 0.3) is 5.69 Å². The highest BCUT2D eigenvalue weighted by molar-refractivity contribution is 5.83. The fourth-order valence-corrected chi connectivity index (χ4v) is 1.84. The quantitative estimate of drug-likeness (QED) is 0.659. The number of aromatic nitrogens is 2. The smallest absolute Gasteiger partial charge is 0.328 e. The summed E-state index contributed by atoms with van der Waals surface area (Å²) in [5.74, 6) is -1.01. The van der Waals surface area contributed by atoms with Gasteiger partial charge in [0.2, 0.25) is 0 Å². The Morgan fingerprint density at radius 2 is 2.33 bits per heavy atom. The number of non-ortho nitro benzene ring substituents is 1. The number of rotatable bonds is 4. The lowest BCUT2D eigenvalue weighted by Crippen LogP contribution is -2.19. The van der Waals surface area contributed by atoms with Gasteiger partial charge in [-0.15, -0.1) is 0 Å². The highest BCUT2D eigenvalue weighted by Gasteiger charge is 2.21. The molecule has 0 saturated carbocycles. The maximum absolute atomic E-state index is 11.1. The first-order chi connectivity index (χ1) is 8.54. The third-order valence-electron chi connectivity index (χ3n) is 2.76. The number of hydrogen-bond donors (Lipinski definition) is 1. The average Bonchev–Trinajstić information content (AvgIpc) is 2.73. The highest BCUT2D eigenvalue weighted by atomic mass is 16.6. The van der Waals surface area contributed by atoms with E-state index in [9.17, 15) is 14.9 Å². The summed E-state index contributed by atoms with van der Waals surface area (Å²) in [5, 5.41) is 24.5. The average molecular weight is 249 g/mol. The van der Waals surface area contributed by atoms with Gasteiger partial charge in [-0.2, -0.15) is 5.10 Å². The second-order valence-electron chi connectivity index (χ2n) is 3.85. The number of nitro benzene ring substituents is 1. The van der Waals surface area contributed by atoms with Crippen LogP contribution in [0, 0.1) is 10.1 Å². The van der Waals surface area contributed by atoms with E-state index in [1.807, 2.05) is 0 Å². The van der Waals surface area contributed by atoms with Gasteiger partial charge in [-0.25, -0.2) is 4.79 Å². The standard InChI is InChI=1S/C11H11N3O4/c1-2-9(11(15)16)13-10-5-8(14(17)18)4-3-7(10)6-12-13/h3-6,9H,2H2,1H3,(H,15,16). The molecule has 1 aromatic heterocycles. The topological polar surface area (TPSA) is 98.3 Å². The summed E-state index contributed by atoms with van der Waals surface area (Å²) in [5.41, 5.74) is 0.378.